The van der Waals surface area contributed by atoms with Gasteiger partial charge in [-0.3, -0.25) is 14.4 Å². The van der Waals surface area contributed by atoms with Crippen LogP contribution >= 0.6 is 0 Å². The Bertz CT molecular complexity index is 958. The van der Waals surface area contributed by atoms with E-state index in [0.29, 0.717) is 13.0 Å². The van der Waals surface area contributed by atoms with E-state index in [1.165, 1.54) is 0 Å². The van der Waals surface area contributed by atoms with Gasteiger partial charge >= 0.3 is 0 Å². The van der Waals surface area contributed by atoms with Crippen LogP contribution in [0.2, 0.25) is 0 Å². The summed E-state index contributed by atoms with van der Waals surface area (Å²) < 4.78 is 11.7. The Morgan fingerprint density at radius 3 is 2.29 bits per heavy atom. The number of carbonyl (C=O) groups excluding carboxylic acids is 3. The minimum Gasteiger partial charge on any atom is -0.387 e. The van der Waals surface area contributed by atoms with Crippen molar-refractivity contribution in [2.75, 3.05) is 34.4 Å². The van der Waals surface area contributed by atoms with Gasteiger partial charge in [-0.25, -0.2) is 0 Å². The van der Waals surface area contributed by atoms with E-state index in [-0.39, 0.29) is 54.6 Å². The van der Waals surface area contributed by atoms with Crippen LogP contribution in [0.15, 0.2) is 30.3 Å². The topological polar surface area (TPSA) is 108 Å². The summed E-state index contributed by atoms with van der Waals surface area (Å²) in [6.45, 7) is 10.7. The van der Waals surface area contributed by atoms with E-state index in [9.17, 15) is 19.5 Å². The van der Waals surface area contributed by atoms with E-state index in [2.05, 4.69) is 19.2 Å². The van der Waals surface area contributed by atoms with Crippen molar-refractivity contribution < 1.29 is 29.0 Å². The lowest BCUT2D eigenvalue weighted by molar-refractivity contribution is -0.146. The fourth-order valence-corrected chi connectivity index (χ4v) is 5.97. The van der Waals surface area contributed by atoms with E-state index >= 15 is 0 Å². The summed E-state index contributed by atoms with van der Waals surface area (Å²) in [6, 6.07) is 8.70. The zero-order chi connectivity index (χ0) is 30.7. The minimum atomic E-state index is -0.812. The molecular formula is C32H53N3O6. The van der Waals surface area contributed by atoms with E-state index in [1.807, 2.05) is 56.1 Å². The molecule has 7 atom stereocenters. The molecule has 2 N–H and O–H groups in total. The zero-order valence-electron chi connectivity index (χ0n) is 26.3. The third-order valence-electron chi connectivity index (χ3n) is 8.54. The number of likely N-dealkylation sites (N-methyl/N-ethyl adjacent to an activating group) is 1. The van der Waals surface area contributed by atoms with Gasteiger partial charge in [0.1, 0.15) is 0 Å². The van der Waals surface area contributed by atoms with Crippen LogP contribution in [0.25, 0.3) is 0 Å². The van der Waals surface area contributed by atoms with E-state index in [0.717, 1.165) is 24.8 Å². The molecule has 9 heteroatoms. The summed E-state index contributed by atoms with van der Waals surface area (Å²) in [5.74, 6) is -0.399. The standard InChI is InChI=1S/C32H53N3O6/c1-9-22(4)30(34(6)28(37)18-21(2)3)27(40-7)19-29(38)35-17-13-16-25(35)31(41-8)23(5)32(39)33-20-26(36)24-14-11-10-12-15-24/h10-12,14-15,21-23,25-27,30-31,36H,9,13,16-20H2,1-8H3,(H,33,39)/t22-,23+,25-,26+,27+,30-,31+/m0/s1. The molecule has 0 aliphatic carbocycles. The highest BCUT2D eigenvalue weighted by Gasteiger charge is 2.42. The van der Waals surface area contributed by atoms with E-state index in [1.54, 1.807) is 26.0 Å². The average Bonchev–Trinajstić information content (AvgIpc) is 3.45. The molecule has 3 amide bonds. The highest BCUT2D eigenvalue weighted by Crippen LogP contribution is 2.29. The van der Waals surface area contributed by atoms with E-state index in [4.69, 9.17) is 9.47 Å². The lowest BCUT2D eigenvalue weighted by Crippen LogP contribution is -2.53. The van der Waals surface area contributed by atoms with Crippen LogP contribution in [0.3, 0.4) is 0 Å². The number of ether oxygens (including phenoxy) is 2. The molecule has 1 aliphatic heterocycles. The van der Waals surface area contributed by atoms with Gasteiger partial charge in [0.15, 0.2) is 0 Å². The molecule has 1 aliphatic rings. The number of aliphatic hydroxyl groups excluding tert-OH is 1. The molecule has 0 aromatic heterocycles. The first-order valence-electron chi connectivity index (χ1n) is 15.1. The van der Waals surface area contributed by atoms with Crippen LogP contribution in [0, 0.1) is 17.8 Å². The highest BCUT2D eigenvalue weighted by molar-refractivity contribution is 5.80. The lowest BCUT2D eigenvalue weighted by Gasteiger charge is -2.39. The summed E-state index contributed by atoms with van der Waals surface area (Å²) in [5, 5.41) is 13.3. The molecule has 41 heavy (non-hydrogen) atoms. The number of methoxy groups -OCH3 is 2. The van der Waals surface area contributed by atoms with Crippen molar-refractivity contribution >= 4 is 17.7 Å². The van der Waals surface area contributed by atoms with Crippen LogP contribution in [-0.4, -0.2) is 91.3 Å². The highest BCUT2D eigenvalue weighted by atomic mass is 16.5. The van der Waals surface area contributed by atoms with Crippen molar-refractivity contribution in [2.45, 2.75) is 97.1 Å². The quantitative estimate of drug-likeness (QED) is 0.310. The van der Waals surface area contributed by atoms with E-state index < -0.39 is 24.2 Å². The van der Waals surface area contributed by atoms with Gasteiger partial charge < -0.3 is 29.7 Å². The number of hydrogen-bond acceptors (Lipinski definition) is 6. The molecule has 9 nitrogen and oxygen atoms in total. The fourth-order valence-electron chi connectivity index (χ4n) is 5.97. The van der Waals surface area contributed by atoms with Gasteiger partial charge in [0.05, 0.1) is 42.7 Å². The normalized spacial score (nSPS) is 19.8. The first kappa shape index (κ1) is 34.7. The molecule has 1 aromatic rings. The number of aliphatic hydroxyl groups is 1. The third kappa shape index (κ3) is 9.51. The molecule has 1 heterocycles. The molecule has 1 saturated heterocycles. The van der Waals surface area contributed by atoms with Crippen LogP contribution in [0.4, 0.5) is 0 Å². The molecule has 1 fully saturated rings. The molecule has 0 bridgehead atoms. The van der Waals surface area contributed by atoms with Crippen LogP contribution < -0.4 is 5.32 Å². The van der Waals surface area contributed by atoms with Gasteiger partial charge in [0.25, 0.3) is 0 Å². The van der Waals surface area contributed by atoms with Gasteiger partial charge in [0.2, 0.25) is 17.7 Å². The summed E-state index contributed by atoms with van der Waals surface area (Å²) in [4.78, 5) is 43.4. The molecule has 232 valence electrons. The Morgan fingerprint density at radius 1 is 1.07 bits per heavy atom. The van der Waals surface area contributed by atoms with Crippen LogP contribution in [-0.2, 0) is 23.9 Å². The smallest absolute Gasteiger partial charge is 0.225 e. The summed E-state index contributed by atoms with van der Waals surface area (Å²) in [7, 11) is 4.98. The maximum Gasteiger partial charge on any atom is 0.225 e. The molecule has 2 rings (SSSR count). The van der Waals surface area contributed by atoms with Gasteiger partial charge in [-0.15, -0.1) is 0 Å². The Morgan fingerprint density at radius 2 is 1.73 bits per heavy atom. The Hall–Kier alpha value is -2.49. The maximum atomic E-state index is 13.7. The van der Waals surface area contributed by atoms with Crippen LogP contribution in [0.5, 0.6) is 0 Å². The van der Waals surface area contributed by atoms with Crippen molar-refractivity contribution in [3.63, 3.8) is 0 Å². The van der Waals surface area contributed by atoms with Crippen molar-refractivity contribution in [1.82, 2.24) is 15.1 Å². The monoisotopic (exact) mass is 575 g/mol. The second kappa shape index (κ2) is 16.8. The fraction of sp³-hybridized carbons (Fsp3) is 0.719. The first-order chi connectivity index (χ1) is 19.5. The largest absolute Gasteiger partial charge is 0.387 e. The lowest BCUT2D eigenvalue weighted by atomic mass is 9.90. The number of carbonyl (C=O) groups is 3. The number of likely N-dealkylation sites (tertiary alicyclic amines) is 1. The number of hydrogen-bond donors (Lipinski definition) is 2. The number of amides is 3. The van der Waals surface area contributed by atoms with Crippen molar-refractivity contribution in [3.05, 3.63) is 35.9 Å². The van der Waals surface area contributed by atoms with Crippen molar-refractivity contribution in [3.8, 4) is 0 Å². The molecular weight excluding hydrogens is 522 g/mol. The zero-order valence-corrected chi connectivity index (χ0v) is 26.3. The second-order valence-corrected chi connectivity index (χ2v) is 11.9. The van der Waals surface area contributed by atoms with Gasteiger partial charge in [-0.05, 0) is 30.2 Å². The number of nitrogens with one attached hydrogen (secondary N) is 1. The van der Waals surface area contributed by atoms with Gasteiger partial charge in [-0.2, -0.15) is 0 Å². The molecule has 1 aromatic carbocycles. The summed E-state index contributed by atoms with van der Waals surface area (Å²) >= 11 is 0. The third-order valence-corrected chi connectivity index (χ3v) is 8.54. The Kier molecular flexibility index (Phi) is 14.2. The van der Waals surface area contributed by atoms with Crippen molar-refractivity contribution in [2.24, 2.45) is 17.8 Å². The predicted octanol–water partition coefficient (Wildman–Crippen LogP) is 3.80. The summed E-state index contributed by atoms with van der Waals surface area (Å²) in [6.07, 6.45) is 1.21. The molecule has 0 radical (unpaired) electrons. The number of nitrogens with zero attached hydrogens (tertiary/aromatic N) is 2. The van der Waals surface area contributed by atoms with Crippen molar-refractivity contribution in [1.29, 1.82) is 0 Å². The average molecular weight is 576 g/mol. The number of rotatable bonds is 16. The van der Waals surface area contributed by atoms with Gasteiger partial charge in [-0.1, -0.05) is 71.4 Å². The SMILES string of the molecule is CC[C@H](C)[C@@H]([C@@H](CC(=O)N1CCC[C@H]1[C@H](OC)[C@@H](C)C(=O)NC[C@@H](O)c1ccccc1)OC)N(C)C(=O)CC(C)C. The van der Waals surface area contributed by atoms with Crippen LogP contribution in [0.1, 0.15) is 78.4 Å². The maximum absolute atomic E-state index is 13.7. The Labute approximate surface area is 246 Å². The van der Waals surface area contributed by atoms with Gasteiger partial charge in [0, 0.05) is 40.8 Å². The molecule has 0 spiro atoms. The Balaban J connectivity index is 2.11. The first-order valence-corrected chi connectivity index (χ1v) is 15.1. The summed E-state index contributed by atoms with van der Waals surface area (Å²) in [5.41, 5.74) is 0.733. The second-order valence-electron chi connectivity index (χ2n) is 11.9. The minimum absolute atomic E-state index is 0.0514. The predicted molar refractivity (Wildman–Crippen MR) is 160 cm³/mol. The molecule has 0 saturated carbocycles. The molecule has 0 unspecified atom stereocenters. The number of benzene rings is 1.